The lowest BCUT2D eigenvalue weighted by Crippen LogP contribution is -2.45. The molecule has 1 N–H and O–H groups in total. The van der Waals surface area contributed by atoms with Crippen LogP contribution >= 0.6 is 0 Å². The Morgan fingerprint density at radius 1 is 1.13 bits per heavy atom. The zero-order valence-electron chi connectivity index (χ0n) is 18.1. The number of hydrogen-bond donors (Lipinski definition) is 1. The number of nitrogens with zero attached hydrogens (tertiary/aromatic N) is 4. The van der Waals surface area contributed by atoms with E-state index in [2.05, 4.69) is 20.3 Å². The Balaban J connectivity index is 1.42. The second-order valence-corrected chi connectivity index (χ2v) is 8.15. The highest BCUT2D eigenvalue weighted by Crippen LogP contribution is 2.22. The average Bonchev–Trinajstić information content (AvgIpc) is 2.81. The summed E-state index contributed by atoms with van der Waals surface area (Å²) in [6.07, 6.45) is 3.64. The summed E-state index contributed by atoms with van der Waals surface area (Å²) in [6, 6.07) is 13.5. The van der Waals surface area contributed by atoms with E-state index in [0.29, 0.717) is 17.6 Å². The minimum Gasteiger partial charge on any atom is -0.353 e. The van der Waals surface area contributed by atoms with Gasteiger partial charge >= 0.3 is 0 Å². The molecule has 1 amide bonds. The summed E-state index contributed by atoms with van der Waals surface area (Å²) >= 11 is 0. The normalized spacial score (nSPS) is 16.3. The van der Waals surface area contributed by atoms with Crippen LogP contribution in [0.15, 0.2) is 53.5 Å². The molecule has 3 heterocycles. The molecule has 31 heavy (non-hydrogen) atoms. The van der Waals surface area contributed by atoms with Crippen LogP contribution in [0, 0.1) is 0 Å². The van der Waals surface area contributed by atoms with E-state index in [9.17, 15) is 9.59 Å². The van der Waals surface area contributed by atoms with E-state index in [4.69, 9.17) is 0 Å². The number of fused-ring (bicyclic) bond motifs is 1. The van der Waals surface area contributed by atoms with Crippen LogP contribution < -0.4 is 10.9 Å². The van der Waals surface area contributed by atoms with Crippen molar-refractivity contribution in [2.45, 2.75) is 51.7 Å². The summed E-state index contributed by atoms with van der Waals surface area (Å²) in [6.45, 7) is 6.92. The van der Waals surface area contributed by atoms with Gasteiger partial charge in [0.1, 0.15) is 0 Å². The Kier molecular flexibility index (Phi) is 6.42. The Hall–Kier alpha value is -3.06. The van der Waals surface area contributed by atoms with Crippen molar-refractivity contribution in [3.63, 3.8) is 0 Å². The molecule has 1 aliphatic heterocycles. The third kappa shape index (κ3) is 4.66. The van der Waals surface area contributed by atoms with Crippen LogP contribution in [0.1, 0.15) is 44.0 Å². The Morgan fingerprint density at radius 3 is 2.52 bits per heavy atom. The lowest BCUT2D eigenvalue weighted by molar-refractivity contribution is -0.123. The molecule has 1 aromatic carbocycles. The summed E-state index contributed by atoms with van der Waals surface area (Å²) in [7, 11) is 0. The molecule has 0 bridgehead atoms. The quantitative estimate of drug-likeness (QED) is 0.665. The fraction of sp³-hybridized carbons (Fsp3) is 0.417. The van der Waals surface area contributed by atoms with Crippen molar-refractivity contribution in [3.8, 4) is 0 Å². The Morgan fingerprint density at radius 2 is 1.84 bits per heavy atom. The number of piperidine rings is 1. The van der Waals surface area contributed by atoms with Gasteiger partial charge in [-0.05, 0) is 44.9 Å². The van der Waals surface area contributed by atoms with Crippen molar-refractivity contribution in [1.82, 2.24) is 25.0 Å². The summed E-state index contributed by atoms with van der Waals surface area (Å²) < 4.78 is 1.44. The maximum absolute atomic E-state index is 13.1. The molecule has 162 valence electrons. The Bertz CT molecular complexity index is 1100. The fourth-order valence-electron chi connectivity index (χ4n) is 4.20. The monoisotopic (exact) mass is 419 g/mol. The number of carbonyl (C=O) groups excluding carboxylic acids is 1. The number of aromatic nitrogens is 3. The van der Waals surface area contributed by atoms with E-state index in [1.807, 2.05) is 56.4 Å². The molecule has 2 aromatic heterocycles. The van der Waals surface area contributed by atoms with E-state index in [1.54, 1.807) is 6.07 Å². The zero-order chi connectivity index (χ0) is 21.8. The molecule has 7 nitrogen and oxygen atoms in total. The summed E-state index contributed by atoms with van der Waals surface area (Å²) in [5, 5.41) is 9.09. The van der Waals surface area contributed by atoms with E-state index < -0.39 is 5.92 Å². The largest absolute Gasteiger partial charge is 0.353 e. The molecule has 4 rings (SSSR count). The zero-order valence-corrected chi connectivity index (χ0v) is 18.1. The number of likely N-dealkylation sites (tertiary alicyclic amines) is 1. The molecule has 1 saturated heterocycles. The van der Waals surface area contributed by atoms with Gasteiger partial charge in [0.2, 0.25) is 5.91 Å². The third-order valence-electron chi connectivity index (χ3n) is 6.04. The smallest absolute Gasteiger partial charge is 0.274 e. The average molecular weight is 420 g/mol. The van der Waals surface area contributed by atoms with E-state index in [0.717, 1.165) is 43.6 Å². The number of rotatable bonds is 6. The highest BCUT2D eigenvalue weighted by molar-refractivity contribution is 5.91. The molecule has 0 aliphatic carbocycles. The molecule has 1 fully saturated rings. The van der Waals surface area contributed by atoms with Crippen molar-refractivity contribution in [2.24, 2.45) is 0 Å². The van der Waals surface area contributed by atoms with Crippen molar-refractivity contribution in [2.75, 3.05) is 13.1 Å². The van der Waals surface area contributed by atoms with Gasteiger partial charge in [0.25, 0.3) is 5.56 Å². The Labute approximate surface area is 182 Å². The molecular weight excluding hydrogens is 390 g/mol. The maximum atomic E-state index is 13.1. The number of nitrogens with one attached hydrogen (secondary N) is 1. The second kappa shape index (κ2) is 9.39. The molecular formula is C24H29N5O2. The van der Waals surface area contributed by atoms with Gasteiger partial charge in [-0.1, -0.05) is 24.3 Å². The van der Waals surface area contributed by atoms with Gasteiger partial charge in [-0.25, -0.2) is 4.68 Å². The van der Waals surface area contributed by atoms with Crippen LogP contribution in [0.4, 0.5) is 0 Å². The molecule has 1 aliphatic rings. The van der Waals surface area contributed by atoms with E-state index in [1.165, 1.54) is 4.68 Å². The molecule has 0 spiro atoms. The topological polar surface area (TPSA) is 80.1 Å². The van der Waals surface area contributed by atoms with Crippen molar-refractivity contribution in [3.05, 3.63) is 70.4 Å². The summed E-state index contributed by atoms with van der Waals surface area (Å²) in [5.74, 6) is -0.475. The summed E-state index contributed by atoms with van der Waals surface area (Å²) in [4.78, 5) is 32.4. The predicted molar refractivity (Wildman–Crippen MR) is 121 cm³/mol. The van der Waals surface area contributed by atoms with Crippen LogP contribution in [-0.2, 0) is 17.9 Å². The fourth-order valence-corrected chi connectivity index (χ4v) is 4.20. The van der Waals surface area contributed by atoms with Gasteiger partial charge in [-0.2, -0.15) is 5.10 Å². The number of benzene rings is 1. The first-order chi connectivity index (χ1) is 15.1. The third-order valence-corrected chi connectivity index (χ3v) is 6.04. The molecule has 1 atom stereocenters. The minimum atomic E-state index is -0.435. The van der Waals surface area contributed by atoms with Crippen LogP contribution in [0.5, 0.6) is 0 Å². The van der Waals surface area contributed by atoms with E-state index >= 15 is 0 Å². The molecule has 0 radical (unpaired) electrons. The first-order valence-electron chi connectivity index (χ1n) is 11.0. The molecule has 3 aromatic rings. The first-order valence-corrected chi connectivity index (χ1v) is 11.0. The van der Waals surface area contributed by atoms with Gasteiger partial charge in [0.15, 0.2) is 0 Å². The number of pyridine rings is 1. The number of carbonyl (C=O) groups is 1. The second-order valence-electron chi connectivity index (χ2n) is 8.15. The van der Waals surface area contributed by atoms with Crippen LogP contribution in [-0.4, -0.2) is 44.7 Å². The number of amides is 1. The van der Waals surface area contributed by atoms with E-state index in [-0.39, 0.29) is 17.5 Å². The van der Waals surface area contributed by atoms with Crippen molar-refractivity contribution in [1.29, 1.82) is 0 Å². The lowest BCUT2D eigenvalue weighted by atomic mass is 9.98. The van der Waals surface area contributed by atoms with Crippen LogP contribution in [0.2, 0.25) is 0 Å². The first kappa shape index (κ1) is 21.2. The summed E-state index contributed by atoms with van der Waals surface area (Å²) in [5.41, 5.74) is 1.61. The lowest BCUT2D eigenvalue weighted by Gasteiger charge is -2.32. The van der Waals surface area contributed by atoms with Crippen LogP contribution in [0.25, 0.3) is 10.8 Å². The van der Waals surface area contributed by atoms with Crippen LogP contribution in [0.3, 0.4) is 0 Å². The van der Waals surface area contributed by atoms with Crippen molar-refractivity contribution < 1.29 is 4.79 Å². The van der Waals surface area contributed by atoms with Gasteiger partial charge < -0.3 is 5.32 Å². The molecule has 0 unspecified atom stereocenters. The standard InChI is InChI=1S/C24H29N5O2/c1-3-29-24(31)21-10-5-4-9-20(21)22(27-29)17(2)23(30)26-18-11-14-28(15-12-18)16-19-8-6-7-13-25-19/h4-10,13,17-18H,3,11-12,14-16H2,1-2H3,(H,26,30)/t17-/m0/s1. The molecule has 0 saturated carbocycles. The number of hydrogen-bond acceptors (Lipinski definition) is 5. The number of aryl methyl sites for hydroxylation is 1. The van der Waals surface area contributed by atoms with Gasteiger partial charge in [0.05, 0.1) is 22.7 Å². The maximum Gasteiger partial charge on any atom is 0.274 e. The highest BCUT2D eigenvalue weighted by Gasteiger charge is 2.26. The predicted octanol–water partition coefficient (Wildman–Crippen LogP) is 2.70. The van der Waals surface area contributed by atoms with Gasteiger partial charge in [-0.15, -0.1) is 0 Å². The SMILES string of the molecule is CCn1nc([C@H](C)C(=O)NC2CCN(Cc3ccccn3)CC2)c2ccccc2c1=O. The van der Waals surface area contributed by atoms with Gasteiger partial charge in [0, 0.05) is 43.8 Å². The van der Waals surface area contributed by atoms with Crippen molar-refractivity contribution >= 4 is 16.7 Å². The minimum absolute atomic E-state index is 0.0397. The highest BCUT2D eigenvalue weighted by atomic mass is 16.2. The molecule has 7 heteroatoms. The van der Waals surface area contributed by atoms with Gasteiger partial charge in [-0.3, -0.25) is 19.5 Å².